The topological polar surface area (TPSA) is 32.6 Å². The van der Waals surface area contributed by atoms with Gasteiger partial charge in [0.2, 0.25) is 0 Å². The van der Waals surface area contributed by atoms with Gasteiger partial charge in [0, 0.05) is 30.7 Å². The average molecular weight is 276 g/mol. The zero-order valence-corrected chi connectivity index (χ0v) is 12.1. The highest BCUT2D eigenvalue weighted by molar-refractivity contribution is 7.15. The molecule has 1 saturated heterocycles. The fourth-order valence-corrected chi connectivity index (χ4v) is 4.37. The van der Waals surface area contributed by atoms with E-state index in [-0.39, 0.29) is 0 Å². The summed E-state index contributed by atoms with van der Waals surface area (Å²) in [6.07, 6.45) is 6.31. The third-order valence-electron chi connectivity index (χ3n) is 4.56. The molecule has 0 aromatic carbocycles. The summed E-state index contributed by atoms with van der Waals surface area (Å²) < 4.78 is 2.26. The quantitative estimate of drug-likeness (QED) is 0.931. The molecule has 19 heavy (non-hydrogen) atoms. The summed E-state index contributed by atoms with van der Waals surface area (Å²) in [5, 5.41) is 5.58. The molecular formula is C14H20N4S. The first-order valence-electron chi connectivity index (χ1n) is 7.28. The molecule has 102 valence electrons. The Kier molecular flexibility index (Phi) is 2.77. The monoisotopic (exact) mass is 276 g/mol. The van der Waals surface area contributed by atoms with Gasteiger partial charge in [-0.1, -0.05) is 6.92 Å². The molecule has 1 aliphatic carbocycles. The van der Waals surface area contributed by atoms with Crippen LogP contribution in [0, 0.1) is 5.92 Å². The molecule has 2 aromatic rings. The van der Waals surface area contributed by atoms with E-state index in [0.29, 0.717) is 0 Å². The van der Waals surface area contributed by atoms with Crippen molar-refractivity contribution in [3.63, 3.8) is 0 Å². The third-order valence-corrected chi connectivity index (χ3v) is 5.32. The van der Waals surface area contributed by atoms with E-state index in [9.17, 15) is 0 Å². The van der Waals surface area contributed by atoms with E-state index in [2.05, 4.69) is 33.1 Å². The number of hydrogen-bond donors (Lipinski definition) is 1. The molecule has 2 bridgehead atoms. The SMILES string of the molecule is CCNCc1c(N2CC3CCC2C3)nc2sccn12. The van der Waals surface area contributed by atoms with Crippen LogP contribution in [0.15, 0.2) is 11.6 Å². The standard InChI is InChI=1S/C14H20N4S/c1-2-15-8-12-13(16-14-17(12)5-6-19-14)18-9-10-3-4-11(18)7-10/h5-6,10-11,15H,2-4,7-9H2,1H3. The van der Waals surface area contributed by atoms with Crippen LogP contribution in [0.4, 0.5) is 5.82 Å². The summed E-state index contributed by atoms with van der Waals surface area (Å²) in [6, 6.07) is 0.745. The number of hydrogen-bond acceptors (Lipinski definition) is 4. The molecule has 2 aliphatic rings. The molecule has 4 nitrogen and oxygen atoms in total. The highest BCUT2D eigenvalue weighted by Crippen LogP contribution is 2.41. The Morgan fingerprint density at radius 3 is 3.16 bits per heavy atom. The van der Waals surface area contributed by atoms with Crippen molar-refractivity contribution in [3.05, 3.63) is 17.3 Å². The number of nitrogens with one attached hydrogen (secondary N) is 1. The molecule has 0 radical (unpaired) electrons. The molecule has 4 rings (SSSR count). The van der Waals surface area contributed by atoms with Crippen molar-refractivity contribution >= 4 is 22.1 Å². The maximum absolute atomic E-state index is 4.89. The van der Waals surface area contributed by atoms with Gasteiger partial charge in [-0.05, 0) is 31.7 Å². The Morgan fingerprint density at radius 2 is 2.42 bits per heavy atom. The first kappa shape index (κ1) is 11.7. The van der Waals surface area contributed by atoms with Crippen molar-refractivity contribution in [2.75, 3.05) is 18.0 Å². The number of rotatable bonds is 4. The summed E-state index contributed by atoms with van der Waals surface area (Å²) in [5.41, 5.74) is 1.34. The van der Waals surface area contributed by atoms with Crippen molar-refractivity contribution in [3.8, 4) is 0 Å². The number of fused-ring (bicyclic) bond motifs is 3. The minimum Gasteiger partial charge on any atom is -0.352 e. The van der Waals surface area contributed by atoms with Gasteiger partial charge in [-0.25, -0.2) is 4.98 Å². The molecule has 0 amide bonds. The van der Waals surface area contributed by atoms with E-state index in [1.54, 1.807) is 11.3 Å². The molecule has 0 spiro atoms. The van der Waals surface area contributed by atoms with Crippen molar-refractivity contribution in [1.29, 1.82) is 0 Å². The zero-order valence-electron chi connectivity index (χ0n) is 11.3. The summed E-state index contributed by atoms with van der Waals surface area (Å²) in [5.74, 6) is 2.15. The summed E-state index contributed by atoms with van der Waals surface area (Å²) in [4.78, 5) is 8.59. The normalized spacial score (nSPS) is 25.8. The zero-order chi connectivity index (χ0) is 12.8. The van der Waals surface area contributed by atoms with E-state index in [4.69, 9.17) is 4.98 Å². The van der Waals surface area contributed by atoms with Crippen LogP contribution in [-0.2, 0) is 6.54 Å². The fourth-order valence-electron chi connectivity index (χ4n) is 3.64. The maximum atomic E-state index is 4.89. The van der Waals surface area contributed by atoms with Gasteiger partial charge in [-0.3, -0.25) is 4.40 Å². The Labute approximate surface area is 117 Å². The lowest BCUT2D eigenvalue weighted by atomic mass is 10.1. The molecule has 1 aliphatic heterocycles. The number of imidazole rings is 1. The lowest BCUT2D eigenvalue weighted by molar-refractivity contribution is 0.548. The molecule has 1 saturated carbocycles. The van der Waals surface area contributed by atoms with E-state index in [1.165, 1.54) is 37.3 Å². The number of thiazole rings is 1. The van der Waals surface area contributed by atoms with Crippen molar-refractivity contribution in [1.82, 2.24) is 14.7 Å². The lowest BCUT2D eigenvalue weighted by Gasteiger charge is -2.28. The molecule has 2 atom stereocenters. The third kappa shape index (κ3) is 1.79. The molecule has 2 unspecified atom stereocenters. The molecule has 5 heteroatoms. The van der Waals surface area contributed by atoms with Gasteiger partial charge >= 0.3 is 0 Å². The Bertz CT molecular complexity index is 587. The Balaban J connectivity index is 1.73. The predicted molar refractivity (Wildman–Crippen MR) is 78.9 cm³/mol. The summed E-state index contributed by atoms with van der Waals surface area (Å²) in [7, 11) is 0. The van der Waals surface area contributed by atoms with Crippen molar-refractivity contribution in [2.45, 2.75) is 38.8 Å². The Hall–Kier alpha value is -1.07. The molecular weight excluding hydrogens is 256 g/mol. The van der Waals surface area contributed by atoms with Gasteiger partial charge < -0.3 is 10.2 Å². The second kappa shape index (κ2) is 4.49. The lowest BCUT2D eigenvalue weighted by Crippen LogP contribution is -2.33. The largest absolute Gasteiger partial charge is 0.352 e. The Morgan fingerprint density at radius 1 is 1.47 bits per heavy atom. The van der Waals surface area contributed by atoms with Crippen LogP contribution in [0.1, 0.15) is 31.9 Å². The van der Waals surface area contributed by atoms with Gasteiger partial charge in [0.25, 0.3) is 0 Å². The number of aromatic nitrogens is 2. The van der Waals surface area contributed by atoms with Crippen LogP contribution in [0.5, 0.6) is 0 Å². The van der Waals surface area contributed by atoms with Gasteiger partial charge in [0.15, 0.2) is 10.8 Å². The minimum absolute atomic E-state index is 0.745. The fraction of sp³-hybridized carbons (Fsp3) is 0.643. The predicted octanol–water partition coefficient (Wildman–Crippen LogP) is 2.49. The van der Waals surface area contributed by atoms with E-state index >= 15 is 0 Å². The molecule has 1 N–H and O–H groups in total. The molecule has 2 fully saturated rings. The summed E-state index contributed by atoms with van der Waals surface area (Å²) >= 11 is 1.73. The van der Waals surface area contributed by atoms with E-state index in [1.807, 2.05) is 0 Å². The number of piperidine rings is 1. The number of nitrogens with zero attached hydrogens (tertiary/aromatic N) is 3. The maximum Gasteiger partial charge on any atom is 0.195 e. The minimum atomic E-state index is 0.745. The van der Waals surface area contributed by atoms with Crippen molar-refractivity contribution in [2.24, 2.45) is 5.92 Å². The second-order valence-electron chi connectivity index (χ2n) is 5.70. The van der Waals surface area contributed by atoms with E-state index in [0.717, 1.165) is 30.0 Å². The van der Waals surface area contributed by atoms with E-state index < -0.39 is 0 Å². The highest BCUT2D eigenvalue weighted by Gasteiger charge is 2.39. The first-order chi connectivity index (χ1) is 9.36. The van der Waals surface area contributed by atoms with Crippen LogP contribution >= 0.6 is 11.3 Å². The van der Waals surface area contributed by atoms with Gasteiger partial charge in [0.1, 0.15) is 0 Å². The average Bonchev–Trinajstić information content (AvgIpc) is 3.15. The highest BCUT2D eigenvalue weighted by atomic mass is 32.1. The van der Waals surface area contributed by atoms with Crippen LogP contribution < -0.4 is 10.2 Å². The smallest absolute Gasteiger partial charge is 0.195 e. The summed E-state index contributed by atoms with van der Waals surface area (Å²) in [6.45, 7) is 5.29. The molecule has 3 heterocycles. The van der Waals surface area contributed by atoms with Crippen LogP contribution in [-0.4, -0.2) is 28.5 Å². The van der Waals surface area contributed by atoms with Gasteiger partial charge in [0.05, 0.1) is 5.69 Å². The van der Waals surface area contributed by atoms with Gasteiger partial charge in [-0.15, -0.1) is 11.3 Å². The van der Waals surface area contributed by atoms with Crippen LogP contribution in [0.25, 0.3) is 4.96 Å². The van der Waals surface area contributed by atoms with Crippen LogP contribution in [0.3, 0.4) is 0 Å². The number of anilines is 1. The van der Waals surface area contributed by atoms with Crippen molar-refractivity contribution < 1.29 is 0 Å². The molecule has 2 aromatic heterocycles. The second-order valence-corrected chi connectivity index (χ2v) is 6.58. The van der Waals surface area contributed by atoms with Crippen LogP contribution in [0.2, 0.25) is 0 Å². The van der Waals surface area contributed by atoms with Gasteiger partial charge in [-0.2, -0.15) is 0 Å². The first-order valence-corrected chi connectivity index (χ1v) is 8.16.